The van der Waals surface area contributed by atoms with E-state index in [1.165, 1.54) is 0 Å². The van der Waals surface area contributed by atoms with Crippen molar-refractivity contribution in [3.8, 4) is 11.5 Å². The van der Waals surface area contributed by atoms with Gasteiger partial charge in [0.05, 0.1) is 20.8 Å². The van der Waals surface area contributed by atoms with Gasteiger partial charge in [-0.05, 0) is 66.6 Å². The zero-order chi connectivity index (χ0) is 26.9. The van der Waals surface area contributed by atoms with Gasteiger partial charge in [0, 0.05) is 33.0 Å². The minimum atomic E-state index is -1.25. The number of nitrogens with zero attached hydrogens (tertiary/aromatic N) is 1. The maximum Gasteiger partial charge on any atom is 0.312 e. The molecule has 10 heteroatoms. The molecule has 192 valence electrons. The van der Waals surface area contributed by atoms with E-state index in [0.29, 0.717) is 44.0 Å². The van der Waals surface area contributed by atoms with Gasteiger partial charge in [-0.1, -0.05) is 23.2 Å². The minimum Gasteiger partial charge on any atom is -0.497 e. The van der Waals surface area contributed by atoms with Crippen molar-refractivity contribution in [3.05, 3.63) is 81.3 Å². The van der Waals surface area contributed by atoms with Crippen LogP contribution in [0.5, 0.6) is 11.5 Å². The predicted molar refractivity (Wildman–Crippen MR) is 141 cm³/mol. The Morgan fingerprint density at radius 3 is 2.43 bits per heavy atom. The Morgan fingerprint density at radius 2 is 1.76 bits per heavy atom. The molecule has 0 aliphatic carbocycles. The highest BCUT2D eigenvalue weighted by atomic mass is 35.5. The highest BCUT2D eigenvalue weighted by Gasteiger charge is 2.50. The molecule has 2 N–H and O–H groups in total. The highest BCUT2D eigenvalue weighted by Crippen LogP contribution is 2.50. The standard InChI is InChI=1S/C27H24Cl2N2O6/c1-27(19-11-17(6-8-21(19)29)30-24(32)13-25(33)34)20-10-16(28)5-9-22(20)31(26(27)35)14-15-4-7-18(36-2)12-23(15)37-3/h4-12H,13-14H2,1-3H3,(H,30,32)(H,33,34). The molecule has 1 unspecified atom stereocenters. The second-order valence-corrected chi connectivity index (χ2v) is 9.51. The average molecular weight is 543 g/mol. The normalized spacial score (nSPS) is 16.4. The molecule has 37 heavy (non-hydrogen) atoms. The van der Waals surface area contributed by atoms with E-state index in [2.05, 4.69) is 5.32 Å². The Morgan fingerprint density at radius 1 is 1.00 bits per heavy atom. The Labute approximate surface area is 223 Å². The smallest absolute Gasteiger partial charge is 0.312 e. The summed E-state index contributed by atoms with van der Waals surface area (Å²) in [6, 6.07) is 15.3. The number of aliphatic carboxylic acids is 1. The lowest BCUT2D eigenvalue weighted by molar-refractivity contribution is -0.139. The van der Waals surface area contributed by atoms with Gasteiger partial charge in [-0.25, -0.2) is 0 Å². The Kier molecular flexibility index (Phi) is 7.34. The van der Waals surface area contributed by atoms with Gasteiger partial charge in [-0.3, -0.25) is 14.4 Å². The second-order valence-electron chi connectivity index (χ2n) is 8.67. The van der Waals surface area contributed by atoms with Gasteiger partial charge >= 0.3 is 5.97 Å². The first kappa shape index (κ1) is 26.3. The van der Waals surface area contributed by atoms with Crippen molar-refractivity contribution in [1.29, 1.82) is 0 Å². The summed E-state index contributed by atoms with van der Waals surface area (Å²) in [7, 11) is 3.11. The number of amides is 2. The molecule has 2 amide bonds. The number of nitrogens with one attached hydrogen (secondary N) is 1. The minimum absolute atomic E-state index is 0.211. The van der Waals surface area contributed by atoms with Crippen molar-refractivity contribution in [2.75, 3.05) is 24.4 Å². The molecule has 0 bridgehead atoms. The molecule has 0 saturated carbocycles. The van der Waals surface area contributed by atoms with E-state index in [1.54, 1.807) is 74.6 Å². The number of anilines is 2. The van der Waals surface area contributed by atoms with E-state index in [-0.39, 0.29) is 12.5 Å². The Balaban J connectivity index is 1.79. The second kappa shape index (κ2) is 10.3. The van der Waals surface area contributed by atoms with Gasteiger partial charge in [0.15, 0.2) is 0 Å². The first-order chi connectivity index (χ1) is 17.6. The maximum absolute atomic E-state index is 14.1. The van der Waals surface area contributed by atoms with E-state index in [1.807, 2.05) is 6.07 Å². The third kappa shape index (κ3) is 4.95. The number of carbonyl (C=O) groups is 3. The van der Waals surface area contributed by atoms with Crippen molar-refractivity contribution >= 4 is 52.4 Å². The van der Waals surface area contributed by atoms with Crippen LogP contribution in [0.2, 0.25) is 10.0 Å². The topological polar surface area (TPSA) is 105 Å². The predicted octanol–water partition coefficient (Wildman–Crippen LogP) is 5.28. The molecule has 0 radical (unpaired) electrons. The number of benzene rings is 3. The van der Waals surface area contributed by atoms with Gasteiger partial charge in [0.25, 0.3) is 0 Å². The monoisotopic (exact) mass is 542 g/mol. The summed E-state index contributed by atoms with van der Waals surface area (Å²) < 4.78 is 10.8. The summed E-state index contributed by atoms with van der Waals surface area (Å²) in [5.41, 5.74) is 1.59. The number of fused-ring (bicyclic) bond motifs is 1. The van der Waals surface area contributed by atoms with Crippen LogP contribution in [0.4, 0.5) is 11.4 Å². The lowest BCUT2D eigenvalue weighted by Crippen LogP contribution is -2.39. The average Bonchev–Trinajstić information content (AvgIpc) is 3.06. The van der Waals surface area contributed by atoms with Crippen LogP contribution < -0.4 is 19.7 Å². The maximum atomic E-state index is 14.1. The highest BCUT2D eigenvalue weighted by molar-refractivity contribution is 6.33. The molecule has 1 aliphatic rings. The van der Waals surface area contributed by atoms with Crippen LogP contribution in [0.3, 0.4) is 0 Å². The Bertz CT molecular complexity index is 1410. The van der Waals surface area contributed by atoms with Crippen molar-refractivity contribution in [1.82, 2.24) is 0 Å². The summed E-state index contributed by atoms with van der Waals surface area (Å²) in [6.45, 7) is 1.96. The molecule has 0 saturated heterocycles. The molecule has 8 nitrogen and oxygen atoms in total. The first-order valence-electron chi connectivity index (χ1n) is 11.2. The number of hydrogen-bond donors (Lipinski definition) is 2. The van der Waals surface area contributed by atoms with Crippen LogP contribution in [0.15, 0.2) is 54.6 Å². The summed E-state index contributed by atoms with van der Waals surface area (Å²) in [5, 5.41) is 12.2. The lowest BCUT2D eigenvalue weighted by atomic mass is 9.77. The number of carbonyl (C=O) groups excluding carboxylic acids is 2. The quantitative estimate of drug-likeness (QED) is 0.375. The molecule has 4 rings (SSSR count). The first-order valence-corrected chi connectivity index (χ1v) is 12.0. The fraction of sp³-hybridized carbons (Fsp3) is 0.222. The van der Waals surface area contributed by atoms with Crippen LogP contribution >= 0.6 is 23.2 Å². The van der Waals surface area contributed by atoms with Crippen molar-refractivity contribution < 1.29 is 29.0 Å². The molecular formula is C27H24Cl2N2O6. The number of carboxylic acids is 1. The van der Waals surface area contributed by atoms with Crippen LogP contribution in [-0.2, 0) is 26.3 Å². The summed E-state index contributed by atoms with van der Waals surface area (Å²) in [4.78, 5) is 38.7. The summed E-state index contributed by atoms with van der Waals surface area (Å²) in [5.74, 6) is -1.01. The number of hydrogen-bond acceptors (Lipinski definition) is 5. The van der Waals surface area contributed by atoms with Crippen molar-refractivity contribution in [2.45, 2.75) is 25.3 Å². The van der Waals surface area contributed by atoms with Crippen LogP contribution in [-0.4, -0.2) is 37.1 Å². The number of carboxylic acid groups (broad SMARTS) is 1. The SMILES string of the molecule is COc1ccc(CN2C(=O)C(C)(c3cc(NC(=O)CC(=O)O)ccc3Cl)c3cc(Cl)ccc32)c(OC)c1. The molecule has 0 fully saturated rings. The van der Waals surface area contributed by atoms with Gasteiger partial charge in [0.2, 0.25) is 11.8 Å². The molecule has 1 atom stereocenters. The zero-order valence-corrected chi connectivity index (χ0v) is 21.8. The molecule has 3 aromatic carbocycles. The third-order valence-electron chi connectivity index (χ3n) is 6.38. The molecule has 1 aliphatic heterocycles. The van der Waals surface area contributed by atoms with Gasteiger partial charge in [-0.15, -0.1) is 0 Å². The number of halogens is 2. The fourth-order valence-electron chi connectivity index (χ4n) is 4.54. The van der Waals surface area contributed by atoms with E-state index < -0.39 is 23.7 Å². The van der Waals surface area contributed by atoms with Gasteiger partial charge in [0.1, 0.15) is 23.3 Å². The number of rotatable bonds is 8. The molecule has 3 aromatic rings. The lowest BCUT2D eigenvalue weighted by Gasteiger charge is -2.27. The molecule has 0 aromatic heterocycles. The summed E-state index contributed by atoms with van der Waals surface area (Å²) >= 11 is 13.0. The molecular weight excluding hydrogens is 519 g/mol. The zero-order valence-electron chi connectivity index (χ0n) is 20.3. The number of ether oxygens (including phenoxy) is 2. The fourth-order valence-corrected chi connectivity index (χ4v) is 5.02. The van der Waals surface area contributed by atoms with E-state index in [4.69, 9.17) is 37.8 Å². The van der Waals surface area contributed by atoms with Crippen molar-refractivity contribution in [2.24, 2.45) is 0 Å². The summed E-state index contributed by atoms with van der Waals surface area (Å²) in [6.07, 6.45) is -0.690. The van der Waals surface area contributed by atoms with Crippen LogP contribution in [0.1, 0.15) is 30.0 Å². The van der Waals surface area contributed by atoms with Gasteiger partial charge in [-0.2, -0.15) is 0 Å². The van der Waals surface area contributed by atoms with Crippen molar-refractivity contribution in [3.63, 3.8) is 0 Å². The molecule has 1 heterocycles. The van der Waals surface area contributed by atoms with Gasteiger partial charge < -0.3 is 24.8 Å². The van der Waals surface area contributed by atoms with Crippen LogP contribution in [0.25, 0.3) is 0 Å². The van der Waals surface area contributed by atoms with E-state index >= 15 is 0 Å². The third-order valence-corrected chi connectivity index (χ3v) is 6.95. The number of methoxy groups -OCH3 is 2. The molecule has 0 spiro atoms. The Hall–Kier alpha value is -3.75. The van der Waals surface area contributed by atoms with E-state index in [0.717, 1.165) is 5.56 Å². The van der Waals surface area contributed by atoms with E-state index in [9.17, 15) is 14.4 Å². The largest absolute Gasteiger partial charge is 0.497 e. The van der Waals surface area contributed by atoms with Crippen LogP contribution in [0, 0.1) is 0 Å².